The third-order valence-corrected chi connectivity index (χ3v) is 4.98. The average Bonchev–Trinajstić information content (AvgIpc) is 3.07. The molecule has 0 aliphatic carbocycles. The van der Waals surface area contributed by atoms with Crippen LogP contribution in [-0.2, 0) is 4.74 Å². The molecule has 2 atom stereocenters. The van der Waals surface area contributed by atoms with E-state index in [0.29, 0.717) is 12.5 Å². The van der Waals surface area contributed by atoms with E-state index >= 15 is 0 Å². The summed E-state index contributed by atoms with van der Waals surface area (Å²) in [5.41, 5.74) is 3.22. The molecule has 0 spiro atoms. The van der Waals surface area contributed by atoms with Gasteiger partial charge in [-0.25, -0.2) is 4.99 Å². The number of hydrogen-bond acceptors (Lipinski definition) is 6. The summed E-state index contributed by atoms with van der Waals surface area (Å²) in [5.74, 6) is 3.91. The van der Waals surface area contributed by atoms with E-state index in [1.165, 1.54) is 5.57 Å². The lowest BCUT2D eigenvalue weighted by Crippen LogP contribution is -2.44. The van der Waals surface area contributed by atoms with Crippen LogP contribution in [0.15, 0.2) is 71.1 Å². The summed E-state index contributed by atoms with van der Waals surface area (Å²) in [6, 6.07) is 0. The van der Waals surface area contributed by atoms with Crippen LogP contribution in [0.5, 0.6) is 0 Å². The lowest BCUT2D eigenvalue weighted by molar-refractivity contribution is 0.0761. The molecule has 2 aliphatic rings. The third kappa shape index (κ3) is 15.9. The Labute approximate surface area is 222 Å². The molecule has 2 rings (SSSR count). The number of nitrogens with zero attached hydrogens (tertiary/aromatic N) is 3. The lowest BCUT2D eigenvalue weighted by atomic mass is 10.1. The summed E-state index contributed by atoms with van der Waals surface area (Å²) in [6.45, 7) is 25.4. The van der Waals surface area contributed by atoms with Crippen molar-refractivity contribution in [3.63, 3.8) is 0 Å². The highest BCUT2D eigenvalue weighted by Crippen LogP contribution is 2.16. The maximum atomic E-state index is 5.57. The zero-order valence-electron chi connectivity index (χ0n) is 24.1. The second kappa shape index (κ2) is 22.6. The van der Waals surface area contributed by atoms with Gasteiger partial charge in [0, 0.05) is 44.0 Å². The number of hydrogen-bond donors (Lipinski definition) is 2. The van der Waals surface area contributed by atoms with E-state index in [0.717, 1.165) is 43.0 Å². The van der Waals surface area contributed by atoms with Gasteiger partial charge in [-0.3, -0.25) is 10.3 Å². The second-order valence-electron chi connectivity index (χ2n) is 8.14. The molecule has 2 aliphatic heterocycles. The molecule has 0 saturated heterocycles. The Morgan fingerprint density at radius 3 is 2.50 bits per heavy atom. The highest BCUT2D eigenvalue weighted by atomic mass is 16.5. The van der Waals surface area contributed by atoms with Crippen molar-refractivity contribution < 1.29 is 4.74 Å². The van der Waals surface area contributed by atoms with Crippen LogP contribution in [0.3, 0.4) is 0 Å². The zero-order chi connectivity index (χ0) is 27.9. The smallest absolute Gasteiger partial charge is 0.177 e. The molecule has 0 amide bonds. The topological polar surface area (TPSA) is 61.3 Å². The number of allylic oxidation sites excluding steroid dienone is 4. The van der Waals surface area contributed by atoms with Gasteiger partial charge in [-0.15, -0.1) is 32.1 Å². The lowest BCUT2D eigenvalue weighted by Gasteiger charge is -2.28. The first-order valence-corrected chi connectivity index (χ1v) is 12.9. The first-order chi connectivity index (χ1) is 17.3. The highest BCUT2D eigenvalue weighted by Gasteiger charge is 2.16. The van der Waals surface area contributed by atoms with Gasteiger partial charge < -0.3 is 15.0 Å². The number of nitrogens with one attached hydrogen (secondary N) is 2. The van der Waals surface area contributed by atoms with E-state index in [1.807, 2.05) is 78.1 Å². The fourth-order valence-electron chi connectivity index (χ4n) is 2.69. The largest absolute Gasteiger partial charge is 0.377 e. The molecule has 0 saturated carbocycles. The predicted octanol–water partition coefficient (Wildman–Crippen LogP) is 6.43. The molecule has 0 fully saturated rings. The van der Waals surface area contributed by atoms with Crippen LogP contribution in [0.25, 0.3) is 0 Å². The first-order valence-electron chi connectivity index (χ1n) is 12.9. The fraction of sp³-hybridized carbons (Fsp3) is 0.533. The summed E-state index contributed by atoms with van der Waals surface area (Å²) in [6.07, 6.45) is 17.9. The molecule has 2 N–H and O–H groups in total. The van der Waals surface area contributed by atoms with E-state index in [1.54, 1.807) is 0 Å². The minimum atomic E-state index is -0.111. The molecule has 0 bridgehead atoms. The zero-order valence-corrected chi connectivity index (χ0v) is 24.1. The normalized spacial score (nSPS) is 17.0. The minimum Gasteiger partial charge on any atom is -0.377 e. The average molecular weight is 498 g/mol. The molecular formula is C30H51N5O. The quantitative estimate of drug-likeness (QED) is 0.219. The Morgan fingerprint density at radius 2 is 1.97 bits per heavy atom. The van der Waals surface area contributed by atoms with Crippen molar-refractivity contribution in [1.29, 1.82) is 0 Å². The Kier molecular flexibility index (Phi) is 22.1. The standard InChI is InChI=1S/C20H31N5O.C6H10.C2H6.C2H4/c1-6-7-17-8-9-18(16(4)22-14-17)23-19-10-12-25(5)20(24-19)21-11-13-26-15(2)3;1-4-6(3)5-2;2*1-2/h6,8,10,12,14-15,20-21H,1,7,9,11,13H2,2-5H3,(H,23,24);1,6H,5H2,2-3H3;1-2H3;1-2H2. The van der Waals surface area contributed by atoms with Crippen molar-refractivity contribution >= 4 is 12.1 Å². The maximum absolute atomic E-state index is 5.57. The number of ether oxygens (including phenoxy) is 1. The molecule has 2 unspecified atom stereocenters. The van der Waals surface area contributed by atoms with Gasteiger partial charge >= 0.3 is 0 Å². The highest BCUT2D eigenvalue weighted by molar-refractivity contribution is 5.95. The Morgan fingerprint density at radius 1 is 1.31 bits per heavy atom. The van der Waals surface area contributed by atoms with Crippen LogP contribution in [-0.4, -0.2) is 49.5 Å². The van der Waals surface area contributed by atoms with E-state index in [9.17, 15) is 0 Å². The SMILES string of the molecule is C#CC(C)CC.C=C.C=CCC1=CCC(NC2=NC(NCCOC(C)C)N(C)C=C2)=C(C)N=C1.CC. The van der Waals surface area contributed by atoms with Gasteiger partial charge in [0.25, 0.3) is 0 Å². The van der Waals surface area contributed by atoms with Gasteiger partial charge in [-0.05, 0) is 45.3 Å². The molecule has 0 aromatic carbocycles. The van der Waals surface area contributed by atoms with Crippen molar-refractivity contribution in [2.45, 2.75) is 80.1 Å². The summed E-state index contributed by atoms with van der Waals surface area (Å²) in [7, 11) is 2.00. The van der Waals surface area contributed by atoms with Crippen LogP contribution in [0.4, 0.5) is 0 Å². The van der Waals surface area contributed by atoms with Gasteiger partial charge in [-0.1, -0.05) is 39.8 Å². The molecule has 0 aromatic heterocycles. The summed E-state index contributed by atoms with van der Waals surface area (Å²) in [4.78, 5) is 11.3. The van der Waals surface area contributed by atoms with E-state index in [2.05, 4.69) is 54.3 Å². The molecule has 0 aromatic rings. The Hall–Kier alpha value is -2.88. The monoisotopic (exact) mass is 497 g/mol. The summed E-state index contributed by atoms with van der Waals surface area (Å²) >= 11 is 0. The van der Waals surface area contributed by atoms with Crippen molar-refractivity contribution in [3.8, 4) is 12.3 Å². The van der Waals surface area contributed by atoms with E-state index in [-0.39, 0.29) is 12.4 Å². The van der Waals surface area contributed by atoms with E-state index < -0.39 is 0 Å². The van der Waals surface area contributed by atoms with Crippen molar-refractivity contribution in [2.75, 3.05) is 20.2 Å². The molecule has 202 valence electrons. The minimum absolute atomic E-state index is 0.111. The Bertz CT molecular complexity index is 796. The van der Waals surface area contributed by atoms with E-state index in [4.69, 9.17) is 16.2 Å². The fourth-order valence-corrected chi connectivity index (χ4v) is 2.69. The molecular weight excluding hydrogens is 446 g/mol. The Balaban J connectivity index is 0. The third-order valence-electron chi connectivity index (χ3n) is 4.98. The summed E-state index contributed by atoms with van der Waals surface area (Å²) < 4.78 is 5.57. The number of rotatable bonds is 9. The molecule has 36 heavy (non-hydrogen) atoms. The van der Waals surface area contributed by atoms with Gasteiger partial charge in [0.05, 0.1) is 18.4 Å². The van der Waals surface area contributed by atoms with Crippen molar-refractivity contribution in [1.82, 2.24) is 15.5 Å². The number of terminal acetylenes is 1. The molecule has 6 heteroatoms. The number of amidine groups is 1. The van der Waals surface area contributed by atoms with Crippen LogP contribution >= 0.6 is 0 Å². The van der Waals surface area contributed by atoms with Crippen molar-refractivity contribution in [2.24, 2.45) is 15.9 Å². The van der Waals surface area contributed by atoms with Crippen LogP contribution in [0.1, 0.15) is 67.7 Å². The first kappa shape index (κ1) is 35.3. The van der Waals surface area contributed by atoms with Gasteiger partial charge in [0.1, 0.15) is 5.84 Å². The second-order valence-corrected chi connectivity index (χ2v) is 8.14. The molecule has 6 nitrogen and oxygen atoms in total. The molecule has 2 heterocycles. The molecule has 0 radical (unpaired) electrons. The van der Waals surface area contributed by atoms with Gasteiger partial charge in [-0.2, -0.15) is 0 Å². The predicted molar refractivity (Wildman–Crippen MR) is 160 cm³/mol. The van der Waals surface area contributed by atoms with Gasteiger partial charge in [0.15, 0.2) is 6.29 Å². The van der Waals surface area contributed by atoms with Crippen LogP contribution in [0.2, 0.25) is 0 Å². The maximum Gasteiger partial charge on any atom is 0.177 e. The van der Waals surface area contributed by atoms with Crippen molar-refractivity contribution in [3.05, 3.63) is 61.1 Å². The van der Waals surface area contributed by atoms with Gasteiger partial charge in [0.2, 0.25) is 0 Å². The van der Waals surface area contributed by atoms with Crippen LogP contribution in [0, 0.1) is 18.3 Å². The number of aliphatic imine (C=N–C) groups is 2. The van der Waals surface area contributed by atoms with Crippen LogP contribution < -0.4 is 10.6 Å². The summed E-state index contributed by atoms with van der Waals surface area (Å²) in [5, 5.41) is 6.82.